The van der Waals surface area contributed by atoms with Crippen molar-refractivity contribution in [2.24, 2.45) is 0 Å². The van der Waals surface area contributed by atoms with E-state index in [1.54, 1.807) is 12.1 Å². The zero-order chi connectivity index (χ0) is 22.2. The average molecular weight is 423 g/mol. The molecule has 1 N–H and O–H groups in total. The molecule has 0 atom stereocenters. The molecule has 6 heteroatoms. The number of hydrogen-bond donors (Lipinski definition) is 1. The molecule has 1 aliphatic rings. The van der Waals surface area contributed by atoms with Crippen molar-refractivity contribution >= 4 is 11.7 Å². The van der Waals surface area contributed by atoms with E-state index in [0.29, 0.717) is 24.0 Å². The zero-order valence-corrected chi connectivity index (χ0v) is 16.8. The molecular formula is C25H20F3NO2. The summed E-state index contributed by atoms with van der Waals surface area (Å²) in [5, 5.41) is 2.66. The fourth-order valence-corrected chi connectivity index (χ4v) is 3.91. The number of ketones is 1. The number of halogens is 3. The van der Waals surface area contributed by atoms with E-state index in [2.05, 4.69) is 5.32 Å². The number of rotatable bonds is 4. The van der Waals surface area contributed by atoms with Gasteiger partial charge in [-0.15, -0.1) is 0 Å². The highest BCUT2D eigenvalue weighted by Crippen LogP contribution is 2.34. The van der Waals surface area contributed by atoms with Crippen molar-refractivity contribution in [3.05, 3.63) is 94.0 Å². The van der Waals surface area contributed by atoms with Gasteiger partial charge in [0.25, 0.3) is 5.91 Å². The minimum Gasteiger partial charge on any atom is -0.348 e. The summed E-state index contributed by atoms with van der Waals surface area (Å²) in [5.41, 5.74) is 4.78. The van der Waals surface area contributed by atoms with Crippen LogP contribution in [0.15, 0.2) is 60.7 Å². The highest BCUT2D eigenvalue weighted by Gasteiger charge is 2.30. The third kappa shape index (κ3) is 4.38. The summed E-state index contributed by atoms with van der Waals surface area (Å²) in [6, 6.07) is 15.9. The largest absolute Gasteiger partial charge is 0.416 e. The molecule has 0 spiro atoms. The second-order valence-electron chi connectivity index (χ2n) is 7.72. The SMILES string of the molecule is Cc1cc2c(c(-c3ccc(C(=O)NCc4cccc(C(F)(F)F)c4)cc3)c1)CCC2=O. The summed E-state index contributed by atoms with van der Waals surface area (Å²) < 4.78 is 38.5. The summed E-state index contributed by atoms with van der Waals surface area (Å²) in [6.45, 7) is 1.95. The molecule has 158 valence electrons. The number of carbonyl (C=O) groups is 2. The maximum atomic E-state index is 12.8. The number of nitrogens with one attached hydrogen (secondary N) is 1. The number of Topliss-reactive ketones (excluding diaryl/α,β-unsaturated/α-hetero) is 1. The summed E-state index contributed by atoms with van der Waals surface area (Å²) in [6.07, 6.45) is -3.19. The Morgan fingerprint density at radius 3 is 2.39 bits per heavy atom. The van der Waals surface area contributed by atoms with Crippen LogP contribution in [0, 0.1) is 6.92 Å². The number of hydrogen-bond acceptors (Lipinski definition) is 2. The summed E-state index contributed by atoms with van der Waals surface area (Å²) in [7, 11) is 0. The number of amides is 1. The molecule has 1 aliphatic carbocycles. The second-order valence-corrected chi connectivity index (χ2v) is 7.72. The Morgan fingerprint density at radius 1 is 0.968 bits per heavy atom. The van der Waals surface area contributed by atoms with Gasteiger partial charge in [-0.05, 0) is 71.5 Å². The number of benzene rings is 3. The molecule has 0 bridgehead atoms. The molecule has 4 rings (SSSR count). The number of carbonyl (C=O) groups excluding carboxylic acids is 2. The summed E-state index contributed by atoms with van der Waals surface area (Å²) >= 11 is 0. The second kappa shape index (κ2) is 8.02. The van der Waals surface area contributed by atoms with Gasteiger partial charge < -0.3 is 5.32 Å². The van der Waals surface area contributed by atoms with Crippen LogP contribution in [0.25, 0.3) is 11.1 Å². The van der Waals surface area contributed by atoms with Gasteiger partial charge >= 0.3 is 6.18 Å². The molecule has 3 nitrogen and oxygen atoms in total. The highest BCUT2D eigenvalue weighted by atomic mass is 19.4. The van der Waals surface area contributed by atoms with E-state index in [9.17, 15) is 22.8 Å². The Kier molecular flexibility index (Phi) is 5.39. The van der Waals surface area contributed by atoms with Crippen LogP contribution in [0.5, 0.6) is 0 Å². The van der Waals surface area contributed by atoms with Crippen LogP contribution >= 0.6 is 0 Å². The average Bonchev–Trinajstić information content (AvgIpc) is 3.12. The molecule has 0 aromatic heterocycles. The Hall–Kier alpha value is -3.41. The highest BCUT2D eigenvalue weighted by molar-refractivity contribution is 6.03. The molecular weight excluding hydrogens is 403 g/mol. The third-order valence-electron chi connectivity index (χ3n) is 5.46. The third-order valence-corrected chi connectivity index (χ3v) is 5.46. The Balaban J connectivity index is 1.49. The first kappa shape index (κ1) is 20.8. The molecule has 1 amide bonds. The lowest BCUT2D eigenvalue weighted by Crippen LogP contribution is -2.23. The minimum absolute atomic E-state index is 0.00198. The maximum absolute atomic E-state index is 12.8. The first-order valence-electron chi connectivity index (χ1n) is 9.94. The summed E-state index contributed by atoms with van der Waals surface area (Å²) in [4.78, 5) is 24.5. The minimum atomic E-state index is -4.42. The van der Waals surface area contributed by atoms with Gasteiger partial charge in [-0.2, -0.15) is 13.2 Å². The van der Waals surface area contributed by atoms with E-state index in [4.69, 9.17) is 0 Å². The Morgan fingerprint density at radius 2 is 1.68 bits per heavy atom. The monoisotopic (exact) mass is 423 g/mol. The molecule has 0 unspecified atom stereocenters. The van der Waals surface area contributed by atoms with Gasteiger partial charge in [-0.3, -0.25) is 9.59 Å². The lowest BCUT2D eigenvalue weighted by Gasteiger charge is -2.12. The van der Waals surface area contributed by atoms with Crippen LogP contribution in [-0.2, 0) is 19.1 Å². The smallest absolute Gasteiger partial charge is 0.348 e. The van der Waals surface area contributed by atoms with E-state index < -0.39 is 11.7 Å². The Labute approximate surface area is 177 Å². The lowest BCUT2D eigenvalue weighted by molar-refractivity contribution is -0.137. The molecule has 0 saturated carbocycles. The van der Waals surface area contributed by atoms with Crippen LogP contribution in [-0.4, -0.2) is 11.7 Å². The fourth-order valence-electron chi connectivity index (χ4n) is 3.91. The van der Waals surface area contributed by atoms with Gasteiger partial charge in [0.15, 0.2) is 5.78 Å². The van der Waals surface area contributed by atoms with Crippen molar-refractivity contribution in [2.75, 3.05) is 0 Å². The number of fused-ring (bicyclic) bond motifs is 1. The molecule has 0 heterocycles. The predicted molar refractivity (Wildman–Crippen MR) is 112 cm³/mol. The van der Waals surface area contributed by atoms with Crippen molar-refractivity contribution in [1.29, 1.82) is 0 Å². The van der Waals surface area contributed by atoms with Crippen molar-refractivity contribution in [2.45, 2.75) is 32.5 Å². The van der Waals surface area contributed by atoms with E-state index >= 15 is 0 Å². The van der Waals surface area contributed by atoms with E-state index in [1.807, 2.05) is 31.2 Å². The van der Waals surface area contributed by atoms with Crippen molar-refractivity contribution < 1.29 is 22.8 Å². The van der Waals surface area contributed by atoms with Crippen LogP contribution in [0.1, 0.15) is 49.4 Å². The zero-order valence-electron chi connectivity index (χ0n) is 16.8. The number of alkyl halides is 3. The van der Waals surface area contributed by atoms with Gasteiger partial charge in [0.05, 0.1) is 5.56 Å². The van der Waals surface area contributed by atoms with Crippen LogP contribution in [0.4, 0.5) is 13.2 Å². The number of aryl methyl sites for hydroxylation is 1. The standard InChI is InChI=1S/C25H20F3NO2/c1-15-11-21(20-9-10-23(30)22(20)12-15)17-5-7-18(8-6-17)24(31)29-14-16-3-2-4-19(13-16)25(26,27)28/h2-8,11-13H,9-10,14H2,1H3,(H,29,31). The molecule has 0 fully saturated rings. The van der Waals surface area contributed by atoms with E-state index in [0.717, 1.165) is 39.9 Å². The van der Waals surface area contributed by atoms with Gasteiger partial charge in [-0.1, -0.05) is 30.3 Å². The molecule has 0 radical (unpaired) electrons. The van der Waals surface area contributed by atoms with Crippen LogP contribution in [0.2, 0.25) is 0 Å². The van der Waals surface area contributed by atoms with Crippen molar-refractivity contribution in [1.82, 2.24) is 5.32 Å². The van der Waals surface area contributed by atoms with Crippen molar-refractivity contribution in [3.63, 3.8) is 0 Å². The van der Waals surface area contributed by atoms with E-state index in [-0.39, 0.29) is 18.2 Å². The molecule has 3 aromatic carbocycles. The van der Waals surface area contributed by atoms with Gasteiger partial charge in [0.2, 0.25) is 0 Å². The molecule has 3 aromatic rings. The maximum Gasteiger partial charge on any atom is 0.416 e. The summed E-state index contributed by atoms with van der Waals surface area (Å²) in [5.74, 6) is -0.209. The normalized spacial score (nSPS) is 13.2. The Bertz CT molecular complexity index is 1160. The van der Waals surface area contributed by atoms with Gasteiger partial charge in [0.1, 0.15) is 0 Å². The van der Waals surface area contributed by atoms with Crippen molar-refractivity contribution in [3.8, 4) is 11.1 Å². The molecule has 0 saturated heterocycles. The molecule has 31 heavy (non-hydrogen) atoms. The fraction of sp³-hybridized carbons (Fsp3) is 0.200. The lowest BCUT2D eigenvalue weighted by atomic mass is 9.94. The first-order chi connectivity index (χ1) is 14.7. The predicted octanol–water partition coefficient (Wildman–Crippen LogP) is 5.74. The van der Waals surface area contributed by atoms with Gasteiger partial charge in [0, 0.05) is 24.1 Å². The first-order valence-corrected chi connectivity index (χ1v) is 9.94. The quantitative estimate of drug-likeness (QED) is 0.582. The van der Waals surface area contributed by atoms with Gasteiger partial charge in [-0.25, -0.2) is 0 Å². The van der Waals surface area contributed by atoms with Crippen LogP contribution < -0.4 is 5.32 Å². The van der Waals surface area contributed by atoms with Crippen LogP contribution in [0.3, 0.4) is 0 Å². The van der Waals surface area contributed by atoms with E-state index in [1.165, 1.54) is 12.1 Å². The molecule has 0 aliphatic heterocycles. The topological polar surface area (TPSA) is 46.2 Å².